The number of aromatic amines is 1. The van der Waals surface area contributed by atoms with Crippen LogP contribution in [0.1, 0.15) is 81.0 Å². The third-order valence-electron chi connectivity index (χ3n) is 15.6. The number of carboxylic acids is 1. The minimum absolute atomic E-state index is 0.0582. The molecule has 0 saturated carbocycles. The summed E-state index contributed by atoms with van der Waals surface area (Å²) in [5.41, 5.74) is 1.16. The van der Waals surface area contributed by atoms with Gasteiger partial charge < -0.3 is 72.6 Å². The Hall–Kier alpha value is -9.81. The van der Waals surface area contributed by atoms with Crippen LogP contribution in [0.2, 0.25) is 0 Å². The summed E-state index contributed by atoms with van der Waals surface area (Å²) in [6, 6.07) is 18.6. The number of H-pyrrole nitrogens is 1. The van der Waals surface area contributed by atoms with Crippen LogP contribution >= 0.6 is 0 Å². The van der Waals surface area contributed by atoms with Crippen molar-refractivity contribution < 1.29 is 68.1 Å². The van der Waals surface area contributed by atoms with Gasteiger partial charge in [0, 0.05) is 56.4 Å². The van der Waals surface area contributed by atoms with E-state index in [0.29, 0.717) is 40.5 Å². The number of amides is 10. The minimum atomic E-state index is -1.80. The number of hydrogen-bond acceptors (Lipinski definition) is 13. The number of aromatic nitrogens is 1. The number of aliphatic carboxylic acids is 1. The number of carbonyl (C=O) groups excluding carboxylic acids is 10. The van der Waals surface area contributed by atoms with E-state index in [9.17, 15) is 68.1 Å². The molecule has 7 atom stereocenters. The summed E-state index contributed by atoms with van der Waals surface area (Å²) in [7, 11) is 1.34. The first-order valence-corrected chi connectivity index (χ1v) is 28.9. The number of carboxylic acid groups (broad SMARTS) is 1. The van der Waals surface area contributed by atoms with E-state index in [1.54, 1.807) is 60.8 Å². The second-order valence-electron chi connectivity index (χ2n) is 22.0. The Balaban J connectivity index is 1.25. The molecule has 0 unspecified atom stereocenters. The van der Waals surface area contributed by atoms with E-state index in [1.807, 2.05) is 19.1 Å². The molecule has 0 spiro atoms. The highest BCUT2D eigenvalue weighted by atomic mass is 16.4. The monoisotopic (exact) mass is 1200 g/mol. The highest BCUT2D eigenvalue weighted by Crippen LogP contribution is 2.31. The molecule has 25 nitrogen and oxygen atoms in total. The van der Waals surface area contributed by atoms with Crippen molar-refractivity contribution in [1.82, 2.24) is 57.3 Å². The van der Waals surface area contributed by atoms with Crippen LogP contribution in [-0.2, 0) is 78.4 Å². The number of rotatable bonds is 14. The summed E-state index contributed by atoms with van der Waals surface area (Å²) >= 11 is 0. The van der Waals surface area contributed by atoms with Gasteiger partial charge in [-0.25, -0.2) is 0 Å². The normalized spacial score (nSPS) is 23.0. The van der Waals surface area contributed by atoms with Gasteiger partial charge in [0.25, 0.3) is 0 Å². The smallest absolute Gasteiger partial charge is 0.305 e. The number of hydrogen-bond donors (Lipinski definition) is 12. The van der Waals surface area contributed by atoms with Crippen molar-refractivity contribution in [2.45, 2.75) is 126 Å². The first-order chi connectivity index (χ1) is 41.6. The van der Waals surface area contributed by atoms with E-state index in [0.717, 1.165) is 21.7 Å². The van der Waals surface area contributed by atoms with Gasteiger partial charge in [0.15, 0.2) is 0 Å². The molecule has 0 aliphatic carbocycles. The number of nitrogens with zero attached hydrogens (tertiary/aromatic N) is 2. The average molecular weight is 1200 g/mol. The lowest BCUT2D eigenvalue weighted by Gasteiger charge is -2.36. The number of fused-ring (bicyclic) bond motifs is 2. The van der Waals surface area contributed by atoms with Crippen LogP contribution in [-0.4, -0.2) is 170 Å². The van der Waals surface area contributed by atoms with Crippen molar-refractivity contribution in [2.75, 3.05) is 33.2 Å². The SMILES string of the molecule is CCCCC[C@@H]1NC(=O)[C@H](Cc2ccc(O)cc2)NC(=O)[C@H](Cc2ccccc2)N(C)C(=O)CNC(=O)CNC(=O)[C@@]2(C)CCCN2C(=O)[C@H](CC(=O)O)NC(=O)[C@H](Cc2ccc(O)cc2)NC(=O)CNC(=O)[C@H](Cc2c[nH]c3ccccc23)NC1=O. The zero-order valence-corrected chi connectivity index (χ0v) is 48.7. The van der Waals surface area contributed by atoms with E-state index in [-0.39, 0.29) is 63.0 Å². The maximum Gasteiger partial charge on any atom is 0.305 e. The fourth-order valence-corrected chi connectivity index (χ4v) is 10.6. The molecule has 2 aliphatic rings. The van der Waals surface area contributed by atoms with E-state index >= 15 is 0 Å². The van der Waals surface area contributed by atoms with Crippen molar-refractivity contribution in [3.63, 3.8) is 0 Å². The number of nitrogens with one attached hydrogen (secondary N) is 9. The summed E-state index contributed by atoms with van der Waals surface area (Å²) in [6.07, 6.45) is 2.23. The van der Waals surface area contributed by atoms with Crippen molar-refractivity contribution in [2.24, 2.45) is 0 Å². The third kappa shape index (κ3) is 17.9. The van der Waals surface area contributed by atoms with Crippen LogP contribution < -0.4 is 42.5 Å². The Morgan fingerprint density at radius 3 is 1.77 bits per heavy atom. The lowest BCUT2D eigenvalue weighted by Crippen LogP contribution is -2.62. The number of phenolic OH excluding ortho intramolecular Hbond substituents is 2. The van der Waals surface area contributed by atoms with Crippen LogP contribution in [0.25, 0.3) is 10.9 Å². The number of unbranched alkanes of at least 4 members (excludes halogenated alkanes) is 2. The van der Waals surface area contributed by atoms with E-state index < -0.39 is 133 Å². The fraction of sp³-hybridized carbons (Fsp3) is 0.403. The third-order valence-corrected chi connectivity index (χ3v) is 15.6. The van der Waals surface area contributed by atoms with Gasteiger partial charge in [-0.3, -0.25) is 52.7 Å². The highest BCUT2D eigenvalue weighted by molar-refractivity contribution is 6.00. The van der Waals surface area contributed by atoms with Crippen molar-refractivity contribution >= 4 is 75.9 Å². The number of likely N-dealkylation sites (N-methyl/N-ethyl adjacent to an activating group) is 1. The highest BCUT2D eigenvalue weighted by Gasteiger charge is 2.48. The molecule has 25 heteroatoms. The van der Waals surface area contributed by atoms with Crippen LogP contribution in [0.15, 0.2) is 109 Å². The zero-order valence-electron chi connectivity index (χ0n) is 48.7. The van der Waals surface area contributed by atoms with Gasteiger partial charge in [-0.15, -0.1) is 0 Å². The zero-order chi connectivity index (χ0) is 62.8. The second-order valence-corrected chi connectivity index (χ2v) is 22.0. The van der Waals surface area contributed by atoms with Crippen molar-refractivity contribution in [3.8, 4) is 11.5 Å². The van der Waals surface area contributed by atoms with Gasteiger partial charge in [-0.1, -0.05) is 99.0 Å². The fourth-order valence-electron chi connectivity index (χ4n) is 10.6. The number of benzene rings is 4. The molecule has 10 amide bonds. The number of para-hydroxylation sites is 1. The molecule has 0 radical (unpaired) electrons. The van der Waals surface area contributed by atoms with Crippen molar-refractivity contribution in [3.05, 3.63) is 132 Å². The maximum atomic E-state index is 14.8. The molecule has 3 heterocycles. The second kappa shape index (κ2) is 30.3. The molecule has 12 N–H and O–H groups in total. The Morgan fingerprint density at radius 2 is 1.13 bits per heavy atom. The van der Waals surface area contributed by atoms with Gasteiger partial charge >= 0.3 is 5.97 Å². The first kappa shape index (κ1) is 64.7. The Labute approximate surface area is 502 Å². The summed E-state index contributed by atoms with van der Waals surface area (Å²) in [5, 5.41) is 51.8. The summed E-state index contributed by atoms with van der Waals surface area (Å²) in [6.45, 7) is 1.16. The molecule has 2 fully saturated rings. The molecule has 2 aliphatic heterocycles. The Kier molecular flexibility index (Phi) is 22.6. The van der Waals surface area contributed by atoms with Gasteiger partial charge in [0.05, 0.1) is 26.1 Å². The van der Waals surface area contributed by atoms with Gasteiger partial charge in [0.1, 0.15) is 53.3 Å². The first-order valence-electron chi connectivity index (χ1n) is 28.9. The number of carbonyl (C=O) groups is 11. The predicted molar refractivity (Wildman–Crippen MR) is 317 cm³/mol. The largest absolute Gasteiger partial charge is 0.508 e. The standard InChI is InChI=1S/C62H75N11O14/c1-4-5-7-17-45-56(82)69-48(31-40-33-63-44-16-11-10-15-43(40)44)55(81)65-35-52(77)67-46(28-38-18-22-41(74)23-19-38)57(83)71-49(32-54(79)80)60(86)73-27-12-26-62(73,2)61(87)66-34-51(76)64-36-53(78)72(3)50(30-37-13-8-6-9-14-37)59(85)70-47(58(84)68-45)29-39-20-24-42(75)25-21-39/h6,8-11,13-16,18-25,33,45-50,63,74-75H,4-5,7,12,17,26-32,34-36H2,1-3H3,(H,64,76)(H,65,81)(H,66,87)(H,67,77)(H,68,84)(H,69,82)(H,70,85)(H,71,83)(H,79,80)/t45-,46-,47-,48-,49-,50-,62+/m0/s1. The number of phenols is 2. The van der Waals surface area contributed by atoms with Crippen LogP contribution in [0.3, 0.4) is 0 Å². The van der Waals surface area contributed by atoms with Gasteiger partial charge in [-0.2, -0.15) is 0 Å². The molecule has 7 rings (SSSR count). The molecule has 5 aromatic rings. The topological polar surface area (TPSA) is 367 Å². The molecule has 2 saturated heterocycles. The lowest BCUT2D eigenvalue weighted by molar-refractivity contribution is -0.149. The molecular formula is C62H75N11O14. The lowest BCUT2D eigenvalue weighted by atomic mass is 9.96. The molecule has 0 bridgehead atoms. The molecule has 4 aromatic carbocycles. The maximum absolute atomic E-state index is 14.8. The van der Waals surface area contributed by atoms with E-state index in [1.165, 1.54) is 50.4 Å². The average Bonchev–Trinajstić information content (AvgIpc) is 2.65. The minimum Gasteiger partial charge on any atom is -0.508 e. The van der Waals surface area contributed by atoms with E-state index in [4.69, 9.17) is 0 Å². The van der Waals surface area contributed by atoms with Crippen LogP contribution in [0.4, 0.5) is 0 Å². The van der Waals surface area contributed by atoms with Gasteiger partial charge in [0.2, 0.25) is 59.1 Å². The molecule has 462 valence electrons. The quantitative estimate of drug-likeness (QED) is 0.0688. The van der Waals surface area contributed by atoms with E-state index in [2.05, 4.69) is 47.5 Å². The molecular weight excluding hydrogens is 1120 g/mol. The Bertz CT molecular complexity index is 3300. The number of aromatic hydroxyl groups is 2. The Morgan fingerprint density at radius 1 is 0.575 bits per heavy atom. The summed E-state index contributed by atoms with van der Waals surface area (Å²) in [4.78, 5) is 161. The van der Waals surface area contributed by atoms with Crippen molar-refractivity contribution in [1.29, 1.82) is 0 Å². The molecule has 1 aromatic heterocycles. The predicted octanol–water partition coefficient (Wildman–Crippen LogP) is 0.899. The van der Waals surface area contributed by atoms with Crippen LogP contribution in [0.5, 0.6) is 11.5 Å². The van der Waals surface area contributed by atoms with Crippen LogP contribution in [0, 0.1) is 0 Å². The summed E-state index contributed by atoms with van der Waals surface area (Å²) in [5.74, 6) is -10.3. The summed E-state index contributed by atoms with van der Waals surface area (Å²) < 4.78 is 0. The molecule has 87 heavy (non-hydrogen) atoms. The van der Waals surface area contributed by atoms with Gasteiger partial charge in [-0.05, 0) is 78.8 Å².